The van der Waals surface area contributed by atoms with Crippen molar-refractivity contribution in [2.75, 3.05) is 11.5 Å². The third-order valence-electron chi connectivity index (χ3n) is 2.42. The second kappa shape index (κ2) is 4.55. The van der Waals surface area contributed by atoms with E-state index in [1.54, 1.807) is 23.5 Å². The van der Waals surface area contributed by atoms with E-state index in [-0.39, 0.29) is 15.0 Å². The van der Waals surface area contributed by atoms with Gasteiger partial charge in [-0.05, 0) is 6.42 Å². The van der Waals surface area contributed by atoms with E-state index in [1.165, 1.54) is 0 Å². The van der Waals surface area contributed by atoms with Crippen LogP contribution < -0.4 is 0 Å². The molecule has 0 spiro atoms. The van der Waals surface area contributed by atoms with Crippen LogP contribution in [0.4, 0.5) is 0 Å². The van der Waals surface area contributed by atoms with Crippen LogP contribution in [0, 0.1) is 10.1 Å². The maximum absolute atomic E-state index is 10.9. The molecule has 1 atom stereocenters. The summed E-state index contributed by atoms with van der Waals surface area (Å²) in [5.74, 6) is 2.12. The molecule has 0 radical (unpaired) electrons. The first-order chi connectivity index (χ1) is 6.16. The van der Waals surface area contributed by atoms with E-state index in [4.69, 9.17) is 0 Å². The van der Waals surface area contributed by atoms with Gasteiger partial charge in [0.15, 0.2) is 0 Å². The summed E-state index contributed by atoms with van der Waals surface area (Å²) in [4.78, 5) is 10.8. The Labute approximate surface area is 87.2 Å². The SMILES string of the molecule is CCC([N+](=O)[O-])C1(CC)SCCS1. The van der Waals surface area contributed by atoms with E-state index in [2.05, 4.69) is 6.92 Å². The second-order valence-corrected chi connectivity index (χ2v) is 6.18. The lowest BCUT2D eigenvalue weighted by Crippen LogP contribution is -2.39. The Morgan fingerprint density at radius 1 is 1.46 bits per heavy atom. The predicted molar refractivity (Wildman–Crippen MR) is 59.0 cm³/mol. The maximum atomic E-state index is 10.9. The fraction of sp³-hybridized carbons (Fsp3) is 1.00. The average molecular weight is 221 g/mol. The summed E-state index contributed by atoms with van der Waals surface area (Å²) >= 11 is 3.54. The highest BCUT2D eigenvalue weighted by atomic mass is 32.2. The molecule has 0 aromatic carbocycles. The van der Waals surface area contributed by atoms with Crippen molar-refractivity contribution in [1.29, 1.82) is 0 Å². The predicted octanol–water partition coefficient (Wildman–Crippen LogP) is 2.63. The summed E-state index contributed by atoms with van der Waals surface area (Å²) in [7, 11) is 0. The number of nitrogens with zero attached hydrogens (tertiary/aromatic N) is 1. The molecule has 0 bridgehead atoms. The maximum Gasteiger partial charge on any atom is 0.236 e. The van der Waals surface area contributed by atoms with Crippen molar-refractivity contribution in [3.63, 3.8) is 0 Å². The van der Waals surface area contributed by atoms with E-state index in [9.17, 15) is 10.1 Å². The zero-order valence-electron chi connectivity index (χ0n) is 7.99. The molecular weight excluding hydrogens is 206 g/mol. The molecular formula is C8H15NO2S2. The lowest BCUT2D eigenvalue weighted by Gasteiger charge is -2.27. The Kier molecular flexibility index (Phi) is 3.91. The minimum absolute atomic E-state index is 0.102. The molecule has 0 saturated carbocycles. The highest BCUT2D eigenvalue weighted by molar-refractivity contribution is 8.21. The standard InChI is InChI=1S/C8H15NO2S2/c1-3-7(9(10)11)8(4-2)12-5-6-13-8/h7H,3-6H2,1-2H3. The Hall–Kier alpha value is 0.1000. The van der Waals surface area contributed by atoms with E-state index in [0.717, 1.165) is 17.9 Å². The summed E-state index contributed by atoms with van der Waals surface area (Å²) in [5, 5.41) is 10.9. The fourth-order valence-electron chi connectivity index (χ4n) is 1.72. The van der Waals surface area contributed by atoms with Crippen molar-refractivity contribution >= 4 is 23.5 Å². The lowest BCUT2D eigenvalue weighted by molar-refractivity contribution is -0.524. The normalized spacial score (nSPS) is 22.9. The molecule has 1 aliphatic heterocycles. The molecule has 3 nitrogen and oxygen atoms in total. The number of hydrogen-bond acceptors (Lipinski definition) is 4. The van der Waals surface area contributed by atoms with Crippen LogP contribution >= 0.6 is 23.5 Å². The molecule has 1 heterocycles. The summed E-state index contributed by atoms with van der Waals surface area (Å²) in [6.07, 6.45) is 1.53. The number of rotatable bonds is 4. The largest absolute Gasteiger partial charge is 0.264 e. The Morgan fingerprint density at radius 2 is 2.00 bits per heavy atom. The third-order valence-corrected chi connectivity index (χ3v) is 6.30. The first kappa shape index (κ1) is 11.2. The molecule has 1 aliphatic rings. The highest BCUT2D eigenvalue weighted by Crippen LogP contribution is 2.50. The molecule has 1 saturated heterocycles. The number of hydrogen-bond donors (Lipinski definition) is 0. The molecule has 0 N–H and O–H groups in total. The second-order valence-electron chi connectivity index (χ2n) is 3.07. The first-order valence-electron chi connectivity index (χ1n) is 4.57. The van der Waals surface area contributed by atoms with Crippen LogP contribution in [-0.2, 0) is 0 Å². The fourth-order valence-corrected chi connectivity index (χ4v) is 5.21. The summed E-state index contributed by atoms with van der Waals surface area (Å²) in [6.45, 7) is 3.96. The topological polar surface area (TPSA) is 43.1 Å². The minimum Gasteiger partial charge on any atom is -0.264 e. The molecule has 0 aliphatic carbocycles. The van der Waals surface area contributed by atoms with Crippen molar-refractivity contribution in [3.05, 3.63) is 10.1 Å². The molecule has 5 heteroatoms. The van der Waals surface area contributed by atoms with Gasteiger partial charge >= 0.3 is 0 Å². The zero-order valence-corrected chi connectivity index (χ0v) is 9.62. The van der Waals surface area contributed by atoms with Gasteiger partial charge in [0.1, 0.15) is 4.08 Å². The first-order valence-corrected chi connectivity index (χ1v) is 6.54. The Balaban J connectivity index is 2.78. The molecule has 1 rings (SSSR count). The van der Waals surface area contributed by atoms with Gasteiger partial charge in [-0.25, -0.2) is 0 Å². The zero-order chi connectivity index (χ0) is 9.90. The van der Waals surface area contributed by atoms with Crippen LogP contribution in [-0.4, -0.2) is 26.5 Å². The van der Waals surface area contributed by atoms with Gasteiger partial charge in [-0.2, -0.15) is 0 Å². The molecule has 13 heavy (non-hydrogen) atoms. The van der Waals surface area contributed by atoms with Crippen molar-refractivity contribution in [2.45, 2.75) is 36.8 Å². The smallest absolute Gasteiger partial charge is 0.236 e. The summed E-state index contributed by atoms with van der Waals surface area (Å²) < 4.78 is -0.141. The average Bonchev–Trinajstić information content (AvgIpc) is 2.55. The quantitative estimate of drug-likeness (QED) is 0.540. The van der Waals surface area contributed by atoms with Gasteiger partial charge in [0, 0.05) is 22.8 Å². The van der Waals surface area contributed by atoms with Crippen LogP contribution in [0.25, 0.3) is 0 Å². The molecule has 0 aromatic heterocycles. The molecule has 1 unspecified atom stereocenters. The van der Waals surface area contributed by atoms with Crippen molar-refractivity contribution in [2.24, 2.45) is 0 Å². The molecule has 76 valence electrons. The van der Waals surface area contributed by atoms with E-state index >= 15 is 0 Å². The van der Waals surface area contributed by atoms with Crippen molar-refractivity contribution < 1.29 is 4.92 Å². The number of nitro groups is 1. The van der Waals surface area contributed by atoms with Crippen LogP contribution in [0.1, 0.15) is 26.7 Å². The summed E-state index contributed by atoms with van der Waals surface area (Å²) in [6, 6.07) is -0.380. The van der Waals surface area contributed by atoms with E-state index in [1.807, 2.05) is 6.92 Å². The molecule has 0 amide bonds. The van der Waals surface area contributed by atoms with Gasteiger partial charge in [-0.1, -0.05) is 13.8 Å². The van der Waals surface area contributed by atoms with Gasteiger partial charge in [-0.3, -0.25) is 10.1 Å². The van der Waals surface area contributed by atoms with Gasteiger partial charge < -0.3 is 0 Å². The van der Waals surface area contributed by atoms with Crippen LogP contribution in [0.3, 0.4) is 0 Å². The van der Waals surface area contributed by atoms with E-state index < -0.39 is 0 Å². The molecule has 1 fully saturated rings. The van der Waals surface area contributed by atoms with Gasteiger partial charge in [0.2, 0.25) is 6.04 Å². The van der Waals surface area contributed by atoms with E-state index in [0.29, 0.717) is 6.42 Å². The lowest BCUT2D eigenvalue weighted by atomic mass is 10.1. The van der Waals surface area contributed by atoms with Crippen molar-refractivity contribution in [3.8, 4) is 0 Å². The van der Waals surface area contributed by atoms with Crippen molar-refractivity contribution in [1.82, 2.24) is 0 Å². The third kappa shape index (κ3) is 2.13. The van der Waals surface area contributed by atoms with Crippen LogP contribution in [0.15, 0.2) is 0 Å². The Bertz CT molecular complexity index is 193. The van der Waals surface area contributed by atoms with Gasteiger partial charge in [0.05, 0.1) is 0 Å². The monoisotopic (exact) mass is 221 g/mol. The van der Waals surface area contributed by atoms with Crippen LogP contribution in [0.5, 0.6) is 0 Å². The number of thioether (sulfide) groups is 2. The summed E-state index contributed by atoms with van der Waals surface area (Å²) in [5.41, 5.74) is 0. The minimum atomic E-state index is -0.380. The van der Waals surface area contributed by atoms with Gasteiger partial charge in [-0.15, -0.1) is 23.5 Å². The van der Waals surface area contributed by atoms with Crippen LogP contribution in [0.2, 0.25) is 0 Å². The van der Waals surface area contributed by atoms with Gasteiger partial charge in [0.25, 0.3) is 0 Å². The molecule has 0 aromatic rings. The Morgan fingerprint density at radius 3 is 2.31 bits per heavy atom. The highest BCUT2D eigenvalue weighted by Gasteiger charge is 2.47.